The van der Waals surface area contributed by atoms with Crippen molar-refractivity contribution < 1.29 is 4.74 Å². The molecular weight excluding hydrogens is 260 g/mol. The average molecular weight is 289 g/mol. The molecule has 3 heterocycles. The fourth-order valence-electron chi connectivity index (χ4n) is 3.93. The third-order valence-electron chi connectivity index (χ3n) is 5.04. The molecule has 0 radical (unpaired) electrons. The van der Waals surface area contributed by atoms with Crippen LogP contribution in [-0.4, -0.2) is 50.3 Å². The molecule has 3 fully saturated rings. The fraction of sp³-hybridized carbons (Fsp3) is 1.00. The molecule has 0 spiro atoms. The van der Waals surface area contributed by atoms with E-state index in [2.05, 4.69) is 10.2 Å². The summed E-state index contributed by atoms with van der Waals surface area (Å²) in [5.74, 6) is 1.76. The second-order valence-corrected chi connectivity index (χ2v) is 6.40. The number of hydrogen-bond donors (Lipinski definition) is 1. The maximum absolute atomic E-state index is 5.85. The third kappa shape index (κ3) is 4.32. The number of rotatable bonds is 3. The van der Waals surface area contributed by atoms with Gasteiger partial charge in [-0.2, -0.15) is 0 Å². The van der Waals surface area contributed by atoms with Crippen molar-refractivity contribution in [1.82, 2.24) is 10.2 Å². The summed E-state index contributed by atoms with van der Waals surface area (Å²) in [6.07, 6.45) is 8.74. The summed E-state index contributed by atoms with van der Waals surface area (Å²) in [6.45, 7) is 7.43. The standard InChI is InChI=1S/C15H28N2O.ClH/c1-3-13(11-16-7-1)12-17-8-5-14(6-9-17)15-4-2-10-18-15;/h13-16H,1-12H2;1H. The van der Waals surface area contributed by atoms with Gasteiger partial charge in [0, 0.05) is 13.2 Å². The summed E-state index contributed by atoms with van der Waals surface area (Å²) >= 11 is 0. The highest BCUT2D eigenvalue weighted by atomic mass is 35.5. The second-order valence-electron chi connectivity index (χ2n) is 6.40. The minimum Gasteiger partial charge on any atom is -0.378 e. The first kappa shape index (κ1) is 15.6. The predicted molar refractivity (Wildman–Crippen MR) is 81.0 cm³/mol. The van der Waals surface area contributed by atoms with Gasteiger partial charge >= 0.3 is 0 Å². The summed E-state index contributed by atoms with van der Waals surface area (Å²) in [6, 6.07) is 0. The van der Waals surface area contributed by atoms with Crippen molar-refractivity contribution in [2.75, 3.05) is 39.3 Å². The highest BCUT2D eigenvalue weighted by molar-refractivity contribution is 5.85. The monoisotopic (exact) mass is 288 g/mol. The van der Waals surface area contributed by atoms with Gasteiger partial charge in [0.25, 0.3) is 0 Å². The molecule has 3 aliphatic rings. The molecule has 3 rings (SSSR count). The van der Waals surface area contributed by atoms with Gasteiger partial charge in [-0.25, -0.2) is 0 Å². The van der Waals surface area contributed by atoms with Crippen molar-refractivity contribution in [3.05, 3.63) is 0 Å². The first-order valence-corrected chi connectivity index (χ1v) is 7.96. The van der Waals surface area contributed by atoms with E-state index in [4.69, 9.17) is 4.74 Å². The van der Waals surface area contributed by atoms with Crippen molar-refractivity contribution >= 4 is 12.4 Å². The zero-order valence-corrected chi connectivity index (χ0v) is 12.8. The van der Waals surface area contributed by atoms with E-state index in [9.17, 15) is 0 Å². The van der Waals surface area contributed by atoms with Crippen molar-refractivity contribution in [1.29, 1.82) is 0 Å². The molecule has 2 unspecified atom stereocenters. The maximum Gasteiger partial charge on any atom is 0.0605 e. The fourth-order valence-corrected chi connectivity index (χ4v) is 3.93. The van der Waals surface area contributed by atoms with Crippen LogP contribution in [0.25, 0.3) is 0 Å². The molecule has 1 N–H and O–H groups in total. The van der Waals surface area contributed by atoms with Crippen molar-refractivity contribution in [2.24, 2.45) is 11.8 Å². The van der Waals surface area contributed by atoms with E-state index in [0.717, 1.165) is 18.4 Å². The molecule has 0 aromatic rings. The minimum absolute atomic E-state index is 0. The van der Waals surface area contributed by atoms with E-state index < -0.39 is 0 Å². The Morgan fingerprint density at radius 2 is 1.89 bits per heavy atom. The number of likely N-dealkylation sites (tertiary alicyclic amines) is 1. The van der Waals surface area contributed by atoms with Crippen LogP contribution in [0.4, 0.5) is 0 Å². The van der Waals surface area contributed by atoms with Crippen molar-refractivity contribution in [2.45, 2.75) is 44.6 Å². The summed E-state index contributed by atoms with van der Waals surface area (Å²) in [5, 5.41) is 3.53. The number of ether oxygens (including phenoxy) is 1. The Labute approximate surface area is 123 Å². The summed E-state index contributed by atoms with van der Waals surface area (Å²) in [7, 11) is 0. The lowest BCUT2D eigenvalue weighted by Gasteiger charge is -2.37. The van der Waals surface area contributed by atoms with Gasteiger partial charge in [-0.05, 0) is 76.5 Å². The first-order valence-electron chi connectivity index (χ1n) is 7.96. The van der Waals surface area contributed by atoms with E-state index in [1.807, 2.05) is 0 Å². The lowest BCUT2D eigenvalue weighted by molar-refractivity contribution is 0.0284. The van der Waals surface area contributed by atoms with E-state index >= 15 is 0 Å². The van der Waals surface area contributed by atoms with Crippen LogP contribution in [0.3, 0.4) is 0 Å². The molecule has 0 aromatic carbocycles. The summed E-state index contributed by atoms with van der Waals surface area (Å²) < 4.78 is 5.85. The smallest absolute Gasteiger partial charge is 0.0605 e. The van der Waals surface area contributed by atoms with E-state index in [1.165, 1.54) is 71.2 Å². The molecule has 19 heavy (non-hydrogen) atoms. The van der Waals surface area contributed by atoms with Crippen LogP contribution in [0, 0.1) is 11.8 Å². The van der Waals surface area contributed by atoms with Crippen LogP contribution in [-0.2, 0) is 4.74 Å². The van der Waals surface area contributed by atoms with Crippen molar-refractivity contribution in [3.8, 4) is 0 Å². The Bertz CT molecular complexity index is 245. The number of piperidine rings is 2. The molecule has 0 aliphatic carbocycles. The Kier molecular flexibility index (Phi) is 6.40. The third-order valence-corrected chi connectivity index (χ3v) is 5.04. The van der Waals surface area contributed by atoms with E-state index in [-0.39, 0.29) is 12.4 Å². The first-order chi connectivity index (χ1) is 8.92. The molecule has 2 atom stereocenters. The molecular formula is C15H29ClN2O. The van der Waals surface area contributed by atoms with Gasteiger partial charge in [-0.15, -0.1) is 12.4 Å². The number of hydrogen-bond acceptors (Lipinski definition) is 3. The van der Waals surface area contributed by atoms with Gasteiger partial charge in [-0.3, -0.25) is 0 Å². The lowest BCUT2D eigenvalue weighted by Crippen LogP contribution is -2.43. The van der Waals surface area contributed by atoms with Crippen LogP contribution in [0.15, 0.2) is 0 Å². The summed E-state index contributed by atoms with van der Waals surface area (Å²) in [4.78, 5) is 2.70. The van der Waals surface area contributed by atoms with Crippen LogP contribution in [0.5, 0.6) is 0 Å². The molecule has 0 bridgehead atoms. The van der Waals surface area contributed by atoms with Crippen LogP contribution in [0.1, 0.15) is 38.5 Å². The quantitative estimate of drug-likeness (QED) is 0.862. The number of halogens is 1. The second kappa shape index (κ2) is 7.82. The SMILES string of the molecule is C1CNCC(CN2CCC(C3CCCO3)CC2)C1.Cl. The molecule has 4 heteroatoms. The highest BCUT2D eigenvalue weighted by Crippen LogP contribution is 2.29. The van der Waals surface area contributed by atoms with E-state index in [0.29, 0.717) is 6.10 Å². The largest absolute Gasteiger partial charge is 0.378 e. The zero-order valence-electron chi connectivity index (χ0n) is 12.0. The molecule has 0 aromatic heterocycles. The molecule has 3 saturated heterocycles. The molecule has 0 amide bonds. The van der Waals surface area contributed by atoms with Crippen molar-refractivity contribution in [3.63, 3.8) is 0 Å². The molecule has 112 valence electrons. The van der Waals surface area contributed by atoms with Gasteiger partial charge in [0.2, 0.25) is 0 Å². The van der Waals surface area contributed by atoms with Gasteiger partial charge in [0.15, 0.2) is 0 Å². The lowest BCUT2D eigenvalue weighted by atomic mass is 9.89. The highest BCUT2D eigenvalue weighted by Gasteiger charge is 2.30. The summed E-state index contributed by atoms with van der Waals surface area (Å²) in [5.41, 5.74) is 0. The zero-order chi connectivity index (χ0) is 12.2. The maximum atomic E-state index is 5.85. The predicted octanol–water partition coefficient (Wildman–Crippen LogP) is 2.30. The van der Waals surface area contributed by atoms with Gasteiger partial charge in [0.1, 0.15) is 0 Å². The Morgan fingerprint density at radius 3 is 2.53 bits per heavy atom. The molecule has 0 saturated carbocycles. The normalized spacial score (nSPS) is 34.1. The minimum atomic E-state index is 0. The van der Waals surface area contributed by atoms with Gasteiger partial charge in [-0.1, -0.05) is 0 Å². The molecule has 3 aliphatic heterocycles. The Balaban J connectivity index is 0.00000133. The Morgan fingerprint density at radius 1 is 1.05 bits per heavy atom. The van der Waals surface area contributed by atoms with Gasteiger partial charge < -0.3 is 15.0 Å². The number of nitrogens with zero attached hydrogens (tertiary/aromatic N) is 1. The number of nitrogens with one attached hydrogen (secondary N) is 1. The van der Waals surface area contributed by atoms with Crippen LogP contribution < -0.4 is 5.32 Å². The topological polar surface area (TPSA) is 24.5 Å². The van der Waals surface area contributed by atoms with Gasteiger partial charge in [0.05, 0.1) is 6.10 Å². The van der Waals surface area contributed by atoms with E-state index in [1.54, 1.807) is 0 Å². The van der Waals surface area contributed by atoms with Crippen LogP contribution >= 0.6 is 12.4 Å². The Hall–Kier alpha value is 0.170. The average Bonchev–Trinajstić information content (AvgIpc) is 2.95. The van der Waals surface area contributed by atoms with Crippen LogP contribution in [0.2, 0.25) is 0 Å². The molecule has 3 nitrogen and oxygen atoms in total.